The molecule has 0 N–H and O–H groups in total. The zero-order valence-corrected chi connectivity index (χ0v) is 10.0. The molecule has 0 saturated heterocycles. The van der Waals surface area contributed by atoms with Crippen molar-refractivity contribution in [3.63, 3.8) is 0 Å². The first-order valence-electron chi connectivity index (χ1n) is 5.58. The third-order valence-electron chi connectivity index (χ3n) is 2.85. The lowest BCUT2D eigenvalue weighted by molar-refractivity contribution is 0.0950. The molecular weight excluding hydrogens is 230 g/mol. The Morgan fingerprint density at radius 2 is 1.94 bits per heavy atom. The molecule has 0 fully saturated rings. The van der Waals surface area contributed by atoms with Crippen molar-refractivity contribution in [2.75, 3.05) is 0 Å². The van der Waals surface area contributed by atoms with Crippen LogP contribution >= 0.6 is 0 Å². The molecule has 0 bridgehead atoms. The lowest BCUT2D eigenvalue weighted by Crippen LogP contribution is -2.13. The number of nitrogens with zero attached hydrogens (tertiary/aromatic N) is 3. The number of hydrogen-bond acceptors (Lipinski definition) is 4. The molecule has 18 heavy (non-hydrogen) atoms. The minimum atomic E-state index is -0.184. The fourth-order valence-electron chi connectivity index (χ4n) is 1.87. The number of rotatable bonds is 1. The van der Waals surface area contributed by atoms with E-state index in [-0.39, 0.29) is 5.91 Å². The van der Waals surface area contributed by atoms with Gasteiger partial charge in [0.1, 0.15) is 11.2 Å². The Morgan fingerprint density at radius 3 is 2.67 bits per heavy atom. The van der Waals surface area contributed by atoms with Gasteiger partial charge in [-0.15, -0.1) is 0 Å². The third kappa shape index (κ3) is 1.52. The van der Waals surface area contributed by atoms with Crippen LogP contribution in [0.2, 0.25) is 0 Å². The van der Waals surface area contributed by atoms with Crippen LogP contribution in [0.3, 0.4) is 0 Å². The zero-order valence-electron chi connectivity index (χ0n) is 10.0. The predicted molar refractivity (Wildman–Crippen MR) is 65.4 cm³/mol. The number of aromatic nitrogens is 3. The Hall–Kier alpha value is -2.43. The fourth-order valence-corrected chi connectivity index (χ4v) is 1.87. The van der Waals surface area contributed by atoms with E-state index in [4.69, 9.17) is 4.52 Å². The van der Waals surface area contributed by atoms with Gasteiger partial charge < -0.3 is 4.52 Å². The van der Waals surface area contributed by atoms with Crippen LogP contribution in [0.4, 0.5) is 0 Å². The highest BCUT2D eigenvalue weighted by atomic mass is 16.5. The van der Waals surface area contributed by atoms with Gasteiger partial charge in [-0.1, -0.05) is 22.9 Å². The van der Waals surface area contributed by atoms with E-state index in [1.165, 1.54) is 10.9 Å². The Morgan fingerprint density at radius 1 is 1.22 bits per heavy atom. The van der Waals surface area contributed by atoms with Gasteiger partial charge in [0.2, 0.25) is 5.58 Å². The second kappa shape index (κ2) is 3.80. The Bertz CT molecular complexity index is 722. The second-order valence-electron chi connectivity index (χ2n) is 4.21. The molecule has 2 aromatic heterocycles. The number of carbonyl (C=O) groups excluding carboxylic acids is 1. The number of aryl methyl sites for hydroxylation is 2. The largest absolute Gasteiger partial charge is 0.353 e. The van der Waals surface area contributed by atoms with Gasteiger partial charge in [0.25, 0.3) is 5.91 Å². The van der Waals surface area contributed by atoms with Crippen molar-refractivity contribution in [2.45, 2.75) is 13.8 Å². The number of fused-ring (bicyclic) bond motifs is 1. The highest BCUT2D eigenvalue weighted by Crippen LogP contribution is 2.18. The van der Waals surface area contributed by atoms with Crippen LogP contribution in [0.15, 0.2) is 35.0 Å². The predicted octanol–water partition coefficient (Wildman–Crippen LogP) is 2.33. The molecule has 3 rings (SSSR count). The van der Waals surface area contributed by atoms with Crippen molar-refractivity contribution in [1.82, 2.24) is 14.9 Å². The number of benzene rings is 1. The van der Waals surface area contributed by atoms with E-state index in [9.17, 15) is 4.79 Å². The molecule has 0 atom stereocenters. The molecule has 3 aromatic rings. The molecule has 0 amide bonds. The van der Waals surface area contributed by atoms with Gasteiger partial charge in [0.05, 0.1) is 6.20 Å². The van der Waals surface area contributed by atoms with Gasteiger partial charge in [0, 0.05) is 5.56 Å². The molecule has 0 aliphatic rings. The lowest BCUT2D eigenvalue weighted by atomic mass is 10.1. The molecule has 5 nitrogen and oxygen atoms in total. The maximum atomic E-state index is 12.3. The topological polar surface area (TPSA) is 60.9 Å². The molecule has 0 unspecified atom stereocenters. The fraction of sp³-hybridized carbons (Fsp3) is 0.154. The SMILES string of the molecule is Cc1ccc(C(=O)n2ncc3onc(C)c32)cc1. The highest BCUT2D eigenvalue weighted by Gasteiger charge is 2.17. The van der Waals surface area contributed by atoms with E-state index >= 15 is 0 Å². The summed E-state index contributed by atoms with van der Waals surface area (Å²) in [6.45, 7) is 3.76. The third-order valence-corrected chi connectivity index (χ3v) is 2.85. The first-order chi connectivity index (χ1) is 8.66. The second-order valence-corrected chi connectivity index (χ2v) is 4.21. The van der Waals surface area contributed by atoms with Crippen LogP contribution in [0.25, 0.3) is 11.1 Å². The molecule has 1 aromatic carbocycles. The van der Waals surface area contributed by atoms with E-state index in [1.807, 2.05) is 19.1 Å². The number of hydrogen-bond donors (Lipinski definition) is 0. The normalized spacial score (nSPS) is 11.0. The summed E-state index contributed by atoms with van der Waals surface area (Å²) in [6.07, 6.45) is 1.50. The maximum Gasteiger partial charge on any atom is 0.278 e. The van der Waals surface area contributed by atoms with Crippen LogP contribution in [0, 0.1) is 13.8 Å². The smallest absolute Gasteiger partial charge is 0.278 e. The average molecular weight is 241 g/mol. The van der Waals surface area contributed by atoms with Gasteiger partial charge in [0.15, 0.2) is 0 Å². The van der Waals surface area contributed by atoms with E-state index in [1.54, 1.807) is 19.1 Å². The maximum absolute atomic E-state index is 12.3. The average Bonchev–Trinajstić information content (AvgIpc) is 2.93. The summed E-state index contributed by atoms with van der Waals surface area (Å²) in [5.41, 5.74) is 3.50. The summed E-state index contributed by atoms with van der Waals surface area (Å²) in [4.78, 5) is 12.3. The van der Waals surface area contributed by atoms with Gasteiger partial charge >= 0.3 is 0 Å². The minimum Gasteiger partial charge on any atom is -0.353 e. The molecule has 0 saturated carbocycles. The van der Waals surface area contributed by atoms with Crippen LogP contribution in [-0.4, -0.2) is 20.8 Å². The van der Waals surface area contributed by atoms with Gasteiger partial charge in [-0.25, -0.2) is 0 Å². The summed E-state index contributed by atoms with van der Waals surface area (Å²) in [7, 11) is 0. The van der Waals surface area contributed by atoms with Gasteiger partial charge in [-0.05, 0) is 26.0 Å². The molecule has 5 heteroatoms. The summed E-state index contributed by atoms with van der Waals surface area (Å²) >= 11 is 0. The number of carbonyl (C=O) groups is 1. The van der Waals surface area contributed by atoms with E-state index in [2.05, 4.69) is 10.3 Å². The minimum absolute atomic E-state index is 0.184. The van der Waals surface area contributed by atoms with Crippen molar-refractivity contribution in [1.29, 1.82) is 0 Å². The van der Waals surface area contributed by atoms with Crippen molar-refractivity contribution >= 4 is 17.0 Å². The first-order valence-corrected chi connectivity index (χ1v) is 5.58. The van der Waals surface area contributed by atoms with Crippen LogP contribution in [0.1, 0.15) is 21.6 Å². The van der Waals surface area contributed by atoms with Crippen molar-refractivity contribution < 1.29 is 9.32 Å². The lowest BCUT2D eigenvalue weighted by Gasteiger charge is -2.01. The summed E-state index contributed by atoms with van der Waals surface area (Å²) in [6, 6.07) is 7.37. The summed E-state index contributed by atoms with van der Waals surface area (Å²) in [5, 5.41) is 7.87. The molecule has 2 heterocycles. The molecular formula is C13H11N3O2. The highest BCUT2D eigenvalue weighted by molar-refractivity contribution is 6.00. The van der Waals surface area contributed by atoms with Gasteiger partial charge in [-0.2, -0.15) is 9.78 Å². The Kier molecular flexibility index (Phi) is 2.26. The monoisotopic (exact) mass is 241 g/mol. The van der Waals surface area contributed by atoms with Crippen LogP contribution in [-0.2, 0) is 0 Å². The standard InChI is InChI=1S/C13H11N3O2/c1-8-3-5-10(6-4-8)13(17)16-12-9(2)15-18-11(12)7-14-16/h3-7H,1-2H3. The van der Waals surface area contributed by atoms with Gasteiger partial charge in [-0.3, -0.25) is 4.79 Å². The van der Waals surface area contributed by atoms with Crippen molar-refractivity contribution in [3.8, 4) is 0 Å². The van der Waals surface area contributed by atoms with E-state index < -0.39 is 0 Å². The molecule has 0 radical (unpaired) electrons. The molecule has 0 spiro atoms. The molecule has 0 aliphatic heterocycles. The Labute approximate surface area is 103 Å². The van der Waals surface area contributed by atoms with E-state index in [0.717, 1.165) is 5.56 Å². The first kappa shape index (κ1) is 10.7. The zero-order chi connectivity index (χ0) is 12.7. The summed E-state index contributed by atoms with van der Waals surface area (Å²) < 4.78 is 6.37. The van der Waals surface area contributed by atoms with Crippen LogP contribution < -0.4 is 0 Å². The van der Waals surface area contributed by atoms with E-state index in [0.29, 0.717) is 22.4 Å². The Balaban J connectivity index is 2.11. The summed E-state index contributed by atoms with van der Waals surface area (Å²) in [5.74, 6) is -0.184. The molecule has 90 valence electrons. The molecule has 0 aliphatic carbocycles. The van der Waals surface area contributed by atoms with Crippen molar-refractivity contribution in [3.05, 3.63) is 47.3 Å². The van der Waals surface area contributed by atoms with Crippen molar-refractivity contribution in [2.24, 2.45) is 0 Å². The van der Waals surface area contributed by atoms with Crippen LogP contribution in [0.5, 0.6) is 0 Å². The quantitative estimate of drug-likeness (QED) is 0.656.